The normalized spacial score (nSPS) is 12.5. The van der Waals surface area contributed by atoms with E-state index in [0.29, 0.717) is 23.0 Å². The van der Waals surface area contributed by atoms with E-state index in [2.05, 4.69) is 25.2 Å². The predicted octanol–water partition coefficient (Wildman–Crippen LogP) is 5.78. The predicted molar refractivity (Wildman–Crippen MR) is 156 cm³/mol. The number of aromatic nitrogens is 4. The highest BCUT2D eigenvalue weighted by Gasteiger charge is 2.35. The first-order valence-electron chi connectivity index (χ1n) is 13.0. The van der Waals surface area contributed by atoms with Crippen molar-refractivity contribution in [1.29, 1.82) is 0 Å². The van der Waals surface area contributed by atoms with Crippen LogP contribution >= 0.6 is 11.3 Å². The number of benzene rings is 2. The molecule has 3 N–H and O–H groups in total. The molecule has 0 spiro atoms. The van der Waals surface area contributed by atoms with Gasteiger partial charge in [0, 0.05) is 36.5 Å². The van der Waals surface area contributed by atoms with E-state index in [-0.39, 0.29) is 16.2 Å². The Bertz CT molecular complexity index is 1730. The second-order valence-electron chi connectivity index (χ2n) is 9.80. The topological polar surface area (TPSA) is 111 Å². The molecule has 0 aliphatic heterocycles. The molecule has 0 saturated carbocycles. The van der Waals surface area contributed by atoms with Gasteiger partial charge in [-0.2, -0.15) is 13.2 Å². The molecule has 9 nitrogen and oxygen atoms in total. The zero-order valence-electron chi connectivity index (χ0n) is 23.0. The lowest BCUT2D eigenvalue weighted by Crippen LogP contribution is -2.21. The molecule has 218 valence electrons. The average molecular weight is 596 g/mol. The van der Waals surface area contributed by atoms with E-state index in [1.807, 2.05) is 38.4 Å². The van der Waals surface area contributed by atoms with Gasteiger partial charge in [0.1, 0.15) is 28.1 Å². The molecule has 0 aliphatic carbocycles. The van der Waals surface area contributed by atoms with Crippen molar-refractivity contribution < 1.29 is 22.7 Å². The molecule has 5 rings (SSSR count). The van der Waals surface area contributed by atoms with Gasteiger partial charge in [0.2, 0.25) is 5.95 Å². The SMILES string of the molecule is CC(Oc1cc(-n2cnc3cc(-c4ccnc(NCCN(C)C)n4)ccc32)sc1C(N)=O)c1ccccc1C(F)(F)F. The number of imidazole rings is 1. The number of nitrogens with zero attached hydrogens (tertiary/aromatic N) is 5. The maximum atomic E-state index is 13.6. The van der Waals surface area contributed by atoms with Gasteiger partial charge in [0.05, 0.1) is 22.3 Å². The van der Waals surface area contributed by atoms with Crippen molar-refractivity contribution in [2.75, 3.05) is 32.5 Å². The molecule has 1 unspecified atom stereocenters. The fraction of sp³-hybridized carbons (Fsp3) is 0.241. The smallest absolute Gasteiger partial charge is 0.416 e. The van der Waals surface area contributed by atoms with Gasteiger partial charge in [-0.25, -0.2) is 15.0 Å². The number of ether oxygens (including phenoxy) is 1. The van der Waals surface area contributed by atoms with Crippen LogP contribution in [0, 0.1) is 0 Å². The number of hydrogen-bond donors (Lipinski definition) is 2. The van der Waals surface area contributed by atoms with Gasteiger partial charge in [-0.05, 0) is 45.3 Å². The number of amides is 1. The zero-order chi connectivity index (χ0) is 30.0. The Morgan fingerprint density at radius 1 is 1.14 bits per heavy atom. The molecule has 1 amide bonds. The van der Waals surface area contributed by atoms with E-state index >= 15 is 0 Å². The summed E-state index contributed by atoms with van der Waals surface area (Å²) < 4.78 is 48.4. The maximum Gasteiger partial charge on any atom is 0.416 e. The van der Waals surface area contributed by atoms with Crippen LogP contribution in [0.4, 0.5) is 19.1 Å². The fourth-order valence-electron chi connectivity index (χ4n) is 4.45. The second-order valence-corrected chi connectivity index (χ2v) is 10.8. The van der Waals surface area contributed by atoms with Crippen molar-refractivity contribution in [2.45, 2.75) is 19.2 Å². The number of carbonyl (C=O) groups is 1. The molecule has 0 fully saturated rings. The molecule has 13 heteroatoms. The summed E-state index contributed by atoms with van der Waals surface area (Å²) >= 11 is 1.07. The Balaban J connectivity index is 1.42. The van der Waals surface area contributed by atoms with Gasteiger partial charge in [0.15, 0.2) is 0 Å². The van der Waals surface area contributed by atoms with Crippen molar-refractivity contribution in [3.8, 4) is 22.0 Å². The number of carbonyl (C=O) groups excluding carboxylic acids is 1. The third-order valence-corrected chi connectivity index (χ3v) is 7.63. The zero-order valence-corrected chi connectivity index (χ0v) is 23.8. The van der Waals surface area contributed by atoms with Gasteiger partial charge in [0.25, 0.3) is 5.91 Å². The van der Waals surface area contributed by atoms with E-state index in [9.17, 15) is 18.0 Å². The molecular weight excluding hydrogens is 567 g/mol. The molecule has 2 aromatic carbocycles. The number of anilines is 1. The minimum absolute atomic E-state index is 0.0467. The van der Waals surface area contributed by atoms with E-state index < -0.39 is 23.8 Å². The number of rotatable bonds is 10. The molecule has 1 atom stereocenters. The number of primary amides is 1. The monoisotopic (exact) mass is 595 g/mol. The van der Waals surface area contributed by atoms with Crippen LogP contribution in [0.5, 0.6) is 5.75 Å². The lowest BCUT2D eigenvalue weighted by molar-refractivity contribution is -0.139. The van der Waals surface area contributed by atoms with Gasteiger partial charge in [-0.3, -0.25) is 9.36 Å². The van der Waals surface area contributed by atoms with Crippen molar-refractivity contribution in [1.82, 2.24) is 24.4 Å². The first-order chi connectivity index (χ1) is 20.0. The summed E-state index contributed by atoms with van der Waals surface area (Å²) in [5.41, 5.74) is 7.76. The minimum atomic E-state index is -4.55. The fourth-order valence-corrected chi connectivity index (χ4v) is 5.37. The number of halogens is 3. The van der Waals surface area contributed by atoms with Crippen molar-refractivity contribution in [3.05, 3.63) is 83.1 Å². The third-order valence-electron chi connectivity index (χ3n) is 6.49. The Morgan fingerprint density at radius 2 is 1.93 bits per heavy atom. The summed E-state index contributed by atoms with van der Waals surface area (Å²) in [4.78, 5) is 27.8. The molecule has 0 bridgehead atoms. The van der Waals surface area contributed by atoms with Gasteiger partial charge in [-0.1, -0.05) is 24.3 Å². The van der Waals surface area contributed by atoms with Crippen LogP contribution in [0.1, 0.15) is 33.8 Å². The van der Waals surface area contributed by atoms with Crippen molar-refractivity contribution in [2.24, 2.45) is 5.73 Å². The number of nitrogens with two attached hydrogens (primary N) is 1. The molecule has 5 aromatic rings. The molecule has 42 heavy (non-hydrogen) atoms. The first kappa shape index (κ1) is 29.0. The Labute approximate surface area is 243 Å². The number of fused-ring (bicyclic) bond motifs is 1. The summed E-state index contributed by atoms with van der Waals surface area (Å²) in [6, 6.07) is 14.3. The minimum Gasteiger partial charge on any atom is -0.484 e. The van der Waals surface area contributed by atoms with E-state index in [4.69, 9.17) is 10.5 Å². The molecular formula is C29H28F3N7O2S. The number of nitrogens with one attached hydrogen (secondary N) is 1. The average Bonchev–Trinajstić information content (AvgIpc) is 3.56. The highest BCUT2D eigenvalue weighted by Crippen LogP contribution is 2.39. The Hall–Kier alpha value is -4.49. The summed E-state index contributed by atoms with van der Waals surface area (Å²) in [5.74, 6) is -0.124. The summed E-state index contributed by atoms with van der Waals surface area (Å²) in [6.45, 7) is 3.04. The third kappa shape index (κ3) is 6.21. The summed E-state index contributed by atoms with van der Waals surface area (Å²) in [6.07, 6.45) is -2.26. The highest BCUT2D eigenvalue weighted by molar-refractivity contribution is 7.16. The van der Waals surface area contributed by atoms with Crippen LogP contribution in [-0.4, -0.2) is 57.5 Å². The largest absolute Gasteiger partial charge is 0.484 e. The van der Waals surface area contributed by atoms with E-state index in [1.165, 1.54) is 25.1 Å². The number of thiophene rings is 1. The number of alkyl halides is 3. The second kappa shape index (κ2) is 11.8. The van der Waals surface area contributed by atoms with Gasteiger partial charge >= 0.3 is 6.18 Å². The number of likely N-dealkylation sites (N-methyl/N-ethyl adjacent to an activating group) is 1. The van der Waals surface area contributed by atoms with Gasteiger partial charge < -0.3 is 20.7 Å². The first-order valence-corrected chi connectivity index (χ1v) is 13.8. The Morgan fingerprint density at radius 3 is 2.67 bits per heavy atom. The highest BCUT2D eigenvalue weighted by atomic mass is 32.1. The quantitative estimate of drug-likeness (QED) is 0.211. The van der Waals surface area contributed by atoms with Crippen molar-refractivity contribution >= 4 is 34.2 Å². The Kier molecular flexibility index (Phi) is 8.14. The van der Waals surface area contributed by atoms with Crippen LogP contribution in [0.2, 0.25) is 0 Å². The van der Waals surface area contributed by atoms with Crippen LogP contribution in [-0.2, 0) is 6.18 Å². The van der Waals surface area contributed by atoms with E-state index in [0.717, 1.165) is 40.7 Å². The van der Waals surface area contributed by atoms with Crippen LogP contribution in [0.3, 0.4) is 0 Å². The number of hydrogen-bond acceptors (Lipinski definition) is 8. The molecule has 3 heterocycles. The molecule has 0 aliphatic rings. The van der Waals surface area contributed by atoms with Gasteiger partial charge in [-0.15, -0.1) is 11.3 Å². The van der Waals surface area contributed by atoms with Crippen LogP contribution in [0.25, 0.3) is 27.3 Å². The molecule has 3 aromatic heterocycles. The summed E-state index contributed by atoms with van der Waals surface area (Å²) in [5, 5.41) is 3.78. The van der Waals surface area contributed by atoms with E-state index in [1.54, 1.807) is 23.2 Å². The van der Waals surface area contributed by atoms with Crippen LogP contribution < -0.4 is 15.8 Å². The lowest BCUT2D eigenvalue weighted by atomic mass is 10.0. The van der Waals surface area contributed by atoms with Crippen LogP contribution in [0.15, 0.2) is 67.1 Å². The standard InChI is InChI=1S/C29H28F3N7O2S/c1-17(19-6-4-5-7-20(19)29(30,31)32)41-24-15-25(42-26(24)27(33)40)39-16-36-22-14-18(8-9-23(22)39)21-10-11-34-28(37-21)35-12-13-38(2)3/h4-11,14-17H,12-13H2,1-3H3,(H2,33,40)(H,34,35,37). The molecule has 0 radical (unpaired) electrons. The molecule has 0 saturated heterocycles. The summed E-state index contributed by atoms with van der Waals surface area (Å²) in [7, 11) is 3.98. The lowest BCUT2D eigenvalue weighted by Gasteiger charge is -2.19. The maximum absolute atomic E-state index is 13.6. The van der Waals surface area contributed by atoms with Crippen molar-refractivity contribution in [3.63, 3.8) is 0 Å².